The molecule has 1 fully saturated rings. The van der Waals surface area contributed by atoms with Crippen molar-refractivity contribution >= 4 is 18.3 Å². The van der Waals surface area contributed by atoms with Crippen LogP contribution in [0.15, 0.2) is 24.3 Å². The number of piperidine rings is 1. The first-order valence-corrected chi connectivity index (χ1v) is 7.32. The van der Waals surface area contributed by atoms with Gasteiger partial charge in [-0.15, -0.1) is 12.4 Å². The van der Waals surface area contributed by atoms with Gasteiger partial charge in [-0.3, -0.25) is 9.69 Å². The average molecular weight is 312 g/mol. The van der Waals surface area contributed by atoms with Crippen LogP contribution in [-0.4, -0.2) is 48.4 Å². The highest BCUT2D eigenvalue weighted by Gasteiger charge is 2.20. The van der Waals surface area contributed by atoms with Crippen LogP contribution >= 0.6 is 12.4 Å². The van der Waals surface area contributed by atoms with Crippen molar-refractivity contribution in [2.75, 3.05) is 26.7 Å². The van der Waals surface area contributed by atoms with Gasteiger partial charge in [0.1, 0.15) is 0 Å². The second-order valence-electron chi connectivity index (χ2n) is 5.81. The smallest absolute Gasteiger partial charge is 0.236 e. The molecule has 1 aromatic carbocycles. The van der Waals surface area contributed by atoms with Crippen molar-refractivity contribution in [2.45, 2.75) is 32.4 Å². The maximum absolute atomic E-state index is 12.3. The van der Waals surface area contributed by atoms with E-state index in [0.717, 1.165) is 25.9 Å². The summed E-state index contributed by atoms with van der Waals surface area (Å²) in [6.45, 7) is 5.06. The number of likely N-dealkylation sites (N-methyl/N-ethyl adjacent to an activating group) is 1. The van der Waals surface area contributed by atoms with Crippen LogP contribution < -0.4 is 5.73 Å². The molecule has 1 atom stereocenters. The van der Waals surface area contributed by atoms with E-state index in [-0.39, 0.29) is 24.4 Å². The number of carbonyl (C=O) groups is 1. The van der Waals surface area contributed by atoms with E-state index in [4.69, 9.17) is 5.73 Å². The van der Waals surface area contributed by atoms with Crippen molar-refractivity contribution in [3.05, 3.63) is 35.4 Å². The third kappa shape index (κ3) is 5.30. The molecule has 1 saturated heterocycles. The van der Waals surface area contributed by atoms with Gasteiger partial charge in [-0.1, -0.05) is 24.3 Å². The zero-order chi connectivity index (χ0) is 14.5. The van der Waals surface area contributed by atoms with Crippen molar-refractivity contribution in [1.29, 1.82) is 0 Å². The number of benzene rings is 1. The molecule has 1 aromatic rings. The molecule has 1 amide bonds. The fourth-order valence-corrected chi connectivity index (χ4v) is 2.68. The maximum Gasteiger partial charge on any atom is 0.236 e. The van der Waals surface area contributed by atoms with E-state index in [9.17, 15) is 4.79 Å². The Balaban J connectivity index is 0.00000220. The number of nitrogens with two attached hydrogens (primary N) is 1. The van der Waals surface area contributed by atoms with Crippen LogP contribution in [-0.2, 0) is 11.3 Å². The van der Waals surface area contributed by atoms with Gasteiger partial charge in [0.25, 0.3) is 0 Å². The molecule has 0 saturated carbocycles. The summed E-state index contributed by atoms with van der Waals surface area (Å²) in [5.74, 6) is 0.169. The maximum atomic E-state index is 12.3. The van der Waals surface area contributed by atoms with Crippen LogP contribution in [0.1, 0.15) is 24.0 Å². The fraction of sp³-hybridized carbons (Fsp3) is 0.562. The molecule has 0 unspecified atom stereocenters. The number of nitrogens with zero attached hydrogens (tertiary/aromatic N) is 2. The van der Waals surface area contributed by atoms with E-state index >= 15 is 0 Å². The zero-order valence-corrected chi connectivity index (χ0v) is 13.7. The summed E-state index contributed by atoms with van der Waals surface area (Å²) < 4.78 is 0. The van der Waals surface area contributed by atoms with Gasteiger partial charge in [-0.25, -0.2) is 0 Å². The van der Waals surface area contributed by atoms with Crippen LogP contribution in [0.25, 0.3) is 0 Å². The molecule has 5 heteroatoms. The molecule has 0 radical (unpaired) electrons. The second-order valence-corrected chi connectivity index (χ2v) is 5.81. The molecule has 2 N–H and O–H groups in total. The molecule has 1 aliphatic heterocycles. The number of carbonyl (C=O) groups excluding carboxylic acids is 1. The quantitative estimate of drug-likeness (QED) is 0.922. The minimum Gasteiger partial charge on any atom is -0.340 e. The number of aryl methyl sites for hydroxylation is 1. The predicted molar refractivity (Wildman–Crippen MR) is 88.6 cm³/mol. The van der Waals surface area contributed by atoms with Crippen molar-refractivity contribution in [3.8, 4) is 0 Å². The standard InChI is InChI=1S/C16H25N3O.ClH/c1-13-6-3-4-7-14(13)10-18(2)16(20)12-19-9-5-8-15(17)11-19;/h3-4,6-7,15H,5,8-12,17H2,1-2H3;1H/t15-;/m1./s1. The van der Waals surface area contributed by atoms with Gasteiger partial charge in [0.05, 0.1) is 6.54 Å². The average Bonchev–Trinajstić information content (AvgIpc) is 2.41. The first kappa shape index (κ1) is 18.0. The monoisotopic (exact) mass is 311 g/mol. The van der Waals surface area contributed by atoms with E-state index in [0.29, 0.717) is 13.1 Å². The Morgan fingerprint density at radius 2 is 2.14 bits per heavy atom. The Hall–Kier alpha value is -1.10. The normalized spacial score (nSPS) is 18.9. The molecule has 0 aromatic heterocycles. The number of amides is 1. The summed E-state index contributed by atoms with van der Waals surface area (Å²) in [4.78, 5) is 16.3. The van der Waals surface area contributed by atoms with Crippen LogP contribution in [0.5, 0.6) is 0 Å². The molecular weight excluding hydrogens is 286 g/mol. The topological polar surface area (TPSA) is 49.6 Å². The molecule has 4 nitrogen and oxygen atoms in total. The first-order valence-electron chi connectivity index (χ1n) is 7.32. The van der Waals surface area contributed by atoms with Crippen molar-refractivity contribution in [1.82, 2.24) is 9.80 Å². The Kier molecular flexibility index (Phi) is 7.15. The molecule has 0 spiro atoms. The third-order valence-corrected chi connectivity index (χ3v) is 4.00. The SMILES string of the molecule is Cc1ccccc1CN(C)C(=O)CN1CCC[C@@H](N)C1.Cl. The highest BCUT2D eigenvalue weighted by Crippen LogP contribution is 2.11. The number of hydrogen-bond acceptors (Lipinski definition) is 3. The number of likely N-dealkylation sites (tertiary alicyclic amines) is 1. The number of rotatable bonds is 4. The van der Waals surface area contributed by atoms with Gasteiger partial charge < -0.3 is 10.6 Å². The zero-order valence-electron chi connectivity index (χ0n) is 12.9. The Morgan fingerprint density at radius 3 is 2.81 bits per heavy atom. The lowest BCUT2D eigenvalue weighted by molar-refractivity contribution is -0.131. The second kappa shape index (κ2) is 8.37. The summed E-state index contributed by atoms with van der Waals surface area (Å²) in [6, 6.07) is 8.42. The summed E-state index contributed by atoms with van der Waals surface area (Å²) in [6.07, 6.45) is 2.17. The third-order valence-electron chi connectivity index (χ3n) is 4.00. The summed E-state index contributed by atoms with van der Waals surface area (Å²) in [5, 5.41) is 0. The van der Waals surface area contributed by atoms with E-state index < -0.39 is 0 Å². The van der Waals surface area contributed by atoms with E-state index in [1.54, 1.807) is 0 Å². The first-order chi connectivity index (χ1) is 9.56. The van der Waals surface area contributed by atoms with Crippen LogP contribution in [0.3, 0.4) is 0 Å². The van der Waals surface area contributed by atoms with Crippen LogP contribution in [0, 0.1) is 6.92 Å². The lowest BCUT2D eigenvalue weighted by Crippen LogP contribution is -2.47. The predicted octanol–water partition coefficient (Wildman–Crippen LogP) is 1.80. The number of halogens is 1. The molecule has 2 rings (SSSR count). The summed E-state index contributed by atoms with van der Waals surface area (Å²) >= 11 is 0. The summed E-state index contributed by atoms with van der Waals surface area (Å²) in [7, 11) is 1.87. The molecule has 118 valence electrons. The minimum atomic E-state index is 0. The van der Waals surface area contributed by atoms with Crippen molar-refractivity contribution in [2.24, 2.45) is 5.73 Å². The van der Waals surface area contributed by atoms with Gasteiger partial charge in [0, 0.05) is 26.2 Å². The molecule has 0 bridgehead atoms. The Morgan fingerprint density at radius 1 is 1.43 bits per heavy atom. The van der Waals surface area contributed by atoms with Crippen molar-refractivity contribution in [3.63, 3.8) is 0 Å². The molecule has 0 aliphatic carbocycles. The highest BCUT2D eigenvalue weighted by molar-refractivity contribution is 5.85. The highest BCUT2D eigenvalue weighted by atomic mass is 35.5. The van der Waals surface area contributed by atoms with Crippen LogP contribution in [0.2, 0.25) is 0 Å². The van der Waals surface area contributed by atoms with E-state index in [1.165, 1.54) is 11.1 Å². The minimum absolute atomic E-state index is 0. The van der Waals surface area contributed by atoms with Gasteiger partial charge >= 0.3 is 0 Å². The molecule has 1 aliphatic rings. The number of hydrogen-bond donors (Lipinski definition) is 1. The fourth-order valence-electron chi connectivity index (χ4n) is 2.68. The Labute approximate surface area is 133 Å². The van der Waals surface area contributed by atoms with Gasteiger partial charge in [0.2, 0.25) is 5.91 Å². The van der Waals surface area contributed by atoms with Gasteiger partial charge in [0.15, 0.2) is 0 Å². The summed E-state index contributed by atoms with van der Waals surface area (Å²) in [5.41, 5.74) is 8.39. The van der Waals surface area contributed by atoms with E-state index in [1.807, 2.05) is 24.1 Å². The van der Waals surface area contributed by atoms with Crippen LogP contribution in [0.4, 0.5) is 0 Å². The lowest BCUT2D eigenvalue weighted by atomic mass is 10.1. The van der Waals surface area contributed by atoms with Gasteiger partial charge in [-0.2, -0.15) is 0 Å². The molecule has 21 heavy (non-hydrogen) atoms. The Bertz CT molecular complexity index is 467. The molecular formula is C16H26ClN3O. The van der Waals surface area contributed by atoms with Gasteiger partial charge in [-0.05, 0) is 37.4 Å². The largest absolute Gasteiger partial charge is 0.340 e. The van der Waals surface area contributed by atoms with E-state index in [2.05, 4.69) is 24.0 Å². The van der Waals surface area contributed by atoms with Crippen molar-refractivity contribution < 1.29 is 4.79 Å². The lowest BCUT2D eigenvalue weighted by Gasteiger charge is -2.31. The molecule has 1 heterocycles.